The predicted octanol–water partition coefficient (Wildman–Crippen LogP) is 1.15. The number of piperazine rings is 1. The van der Waals surface area contributed by atoms with E-state index in [4.69, 9.17) is 4.74 Å². The molecule has 0 radical (unpaired) electrons. The Kier molecular flexibility index (Phi) is 5.01. The molecule has 0 aliphatic carbocycles. The molecule has 3 aliphatic heterocycles. The normalized spacial score (nSPS) is 24.1. The summed E-state index contributed by atoms with van der Waals surface area (Å²) in [6.07, 6.45) is 0. The first-order chi connectivity index (χ1) is 13.4. The molecule has 3 fully saturated rings. The second-order valence-electron chi connectivity index (χ2n) is 8.27. The summed E-state index contributed by atoms with van der Waals surface area (Å²) in [6.45, 7) is 7.95. The number of likely N-dealkylation sites (tertiary alicyclic amines) is 1. The summed E-state index contributed by atoms with van der Waals surface area (Å²) in [6, 6.07) is 6.15. The maximum absolute atomic E-state index is 14.2. The molecule has 8 heteroatoms. The molecular formula is C20H27FN4O3. The van der Waals surface area contributed by atoms with Gasteiger partial charge in [0.15, 0.2) is 0 Å². The van der Waals surface area contributed by atoms with E-state index >= 15 is 0 Å². The molecule has 0 aromatic heterocycles. The summed E-state index contributed by atoms with van der Waals surface area (Å²) in [5.41, 5.74) is -0.196. The second-order valence-corrected chi connectivity index (χ2v) is 8.27. The van der Waals surface area contributed by atoms with Crippen molar-refractivity contribution in [1.29, 1.82) is 0 Å². The van der Waals surface area contributed by atoms with Crippen molar-refractivity contribution in [3.05, 3.63) is 35.6 Å². The van der Waals surface area contributed by atoms with E-state index in [0.29, 0.717) is 39.4 Å². The summed E-state index contributed by atoms with van der Waals surface area (Å²) in [5, 5.41) is 2.92. The van der Waals surface area contributed by atoms with Gasteiger partial charge in [-0.05, 0) is 26.0 Å². The molecule has 3 amide bonds. The number of hydrogen-bond acceptors (Lipinski definition) is 4. The molecule has 0 saturated carbocycles. The topological polar surface area (TPSA) is 65.1 Å². The smallest absolute Gasteiger partial charge is 0.317 e. The number of urea groups is 1. The van der Waals surface area contributed by atoms with Crippen molar-refractivity contribution in [2.24, 2.45) is 0 Å². The minimum Gasteiger partial charge on any atom is -0.378 e. The molecule has 28 heavy (non-hydrogen) atoms. The minimum absolute atomic E-state index is 0.0635. The molecule has 3 saturated heterocycles. The van der Waals surface area contributed by atoms with Gasteiger partial charge in [0.1, 0.15) is 5.82 Å². The van der Waals surface area contributed by atoms with E-state index in [9.17, 15) is 14.0 Å². The van der Waals surface area contributed by atoms with Crippen LogP contribution < -0.4 is 5.32 Å². The Labute approximate surface area is 164 Å². The Balaban J connectivity index is 1.53. The molecule has 3 aliphatic rings. The van der Waals surface area contributed by atoms with Crippen molar-refractivity contribution in [3.8, 4) is 0 Å². The predicted molar refractivity (Wildman–Crippen MR) is 102 cm³/mol. The van der Waals surface area contributed by atoms with Gasteiger partial charge in [-0.25, -0.2) is 9.18 Å². The maximum Gasteiger partial charge on any atom is 0.317 e. The average molecular weight is 390 g/mol. The quantitative estimate of drug-likeness (QED) is 0.823. The van der Waals surface area contributed by atoms with Crippen LogP contribution in [0.1, 0.15) is 24.2 Å². The molecule has 1 aromatic carbocycles. The third-order valence-corrected chi connectivity index (χ3v) is 5.81. The zero-order chi connectivity index (χ0) is 19.9. The van der Waals surface area contributed by atoms with Crippen LogP contribution in [0.3, 0.4) is 0 Å². The Hall–Kier alpha value is -2.19. The zero-order valence-electron chi connectivity index (χ0n) is 16.4. The number of nitrogens with zero attached hydrogens (tertiary/aromatic N) is 3. The summed E-state index contributed by atoms with van der Waals surface area (Å²) in [5.74, 6) is -0.803. The summed E-state index contributed by atoms with van der Waals surface area (Å²) in [7, 11) is 0. The third kappa shape index (κ3) is 3.35. The highest BCUT2D eigenvalue weighted by Crippen LogP contribution is 2.36. The lowest BCUT2D eigenvalue weighted by atomic mass is 9.82. The fraction of sp³-hybridized carbons (Fsp3) is 0.600. The van der Waals surface area contributed by atoms with Crippen LogP contribution in [0.25, 0.3) is 0 Å². The molecule has 1 atom stereocenters. The van der Waals surface area contributed by atoms with Crippen LogP contribution in [0.15, 0.2) is 24.3 Å². The first-order valence-corrected chi connectivity index (χ1v) is 9.83. The van der Waals surface area contributed by atoms with Gasteiger partial charge in [0.05, 0.1) is 30.4 Å². The van der Waals surface area contributed by atoms with Crippen molar-refractivity contribution in [2.75, 3.05) is 45.9 Å². The molecule has 1 N–H and O–H groups in total. The Morgan fingerprint density at radius 2 is 1.93 bits per heavy atom. The SMILES string of the molecule is CC(C)NC(=O)N1CC2(C1)CN(C(=O)c1ccccc1F)CC1COCCN12. The van der Waals surface area contributed by atoms with Gasteiger partial charge in [-0.1, -0.05) is 12.1 Å². The molecule has 1 unspecified atom stereocenters. The second kappa shape index (κ2) is 7.33. The highest BCUT2D eigenvalue weighted by molar-refractivity contribution is 5.94. The number of carbonyl (C=O) groups excluding carboxylic acids is 2. The Morgan fingerprint density at radius 3 is 2.64 bits per heavy atom. The van der Waals surface area contributed by atoms with Gasteiger partial charge >= 0.3 is 6.03 Å². The van der Waals surface area contributed by atoms with E-state index < -0.39 is 5.82 Å². The number of morpholine rings is 1. The number of amides is 3. The zero-order valence-corrected chi connectivity index (χ0v) is 16.4. The molecule has 152 valence electrons. The van der Waals surface area contributed by atoms with Crippen LogP contribution in [-0.2, 0) is 4.74 Å². The van der Waals surface area contributed by atoms with E-state index in [1.165, 1.54) is 12.1 Å². The lowest BCUT2D eigenvalue weighted by Crippen LogP contribution is -2.82. The van der Waals surface area contributed by atoms with Crippen LogP contribution in [-0.4, -0.2) is 90.2 Å². The van der Waals surface area contributed by atoms with Gasteiger partial charge in [-0.15, -0.1) is 0 Å². The molecular weight excluding hydrogens is 363 g/mol. The number of benzene rings is 1. The first kappa shape index (κ1) is 19.1. The van der Waals surface area contributed by atoms with Crippen LogP contribution in [0.5, 0.6) is 0 Å². The largest absolute Gasteiger partial charge is 0.378 e. The van der Waals surface area contributed by atoms with Gasteiger partial charge in [0.25, 0.3) is 5.91 Å². The Bertz CT molecular complexity index is 766. The van der Waals surface area contributed by atoms with Crippen LogP contribution in [0, 0.1) is 5.82 Å². The van der Waals surface area contributed by atoms with Crippen molar-refractivity contribution < 1.29 is 18.7 Å². The van der Waals surface area contributed by atoms with E-state index in [1.807, 2.05) is 13.8 Å². The number of nitrogens with one attached hydrogen (secondary N) is 1. The van der Waals surface area contributed by atoms with Gasteiger partial charge in [-0.2, -0.15) is 0 Å². The number of fused-ring (bicyclic) bond motifs is 2. The van der Waals surface area contributed by atoms with Crippen molar-refractivity contribution in [3.63, 3.8) is 0 Å². The minimum atomic E-state index is -0.504. The van der Waals surface area contributed by atoms with E-state index in [0.717, 1.165) is 6.54 Å². The summed E-state index contributed by atoms with van der Waals surface area (Å²) < 4.78 is 19.8. The van der Waals surface area contributed by atoms with Gasteiger partial charge < -0.3 is 19.9 Å². The van der Waals surface area contributed by atoms with Gasteiger partial charge in [-0.3, -0.25) is 9.69 Å². The summed E-state index contributed by atoms with van der Waals surface area (Å²) >= 11 is 0. The van der Waals surface area contributed by atoms with Crippen LogP contribution in [0.2, 0.25) is 0 Å². The van der Waals surface area contributed by atoms with Gasteiger partial charge in [0, 0.05) is 38.8 Å². The fourth-order valence-electron chi connectivity index (χ4n) is 4.58. The number of carbonyl (C=O) groups is 2. The average Bonchev–Trinajstić information content (AvgIpc) is 2.64. The third-order valence-electron chi connectivity index (χ3n) is 5.81. The molecule has 4 rings (SSSR count). The highest BCUT2D eigenvalue weighted by Gasteiger charge is 2.56. The number of halogens is 1. The highest BCUT2D eigenvalue weighted by atomic mass is 19.1. The van der Waals surface area contributed by atoms with Crippen molar-refractivity contribution in [1.82, 2.24) is 20.0 Å². The van der Waals surface area contributed by atoms with E-state index in [1.54, 1.807) is 21.9 Å². The molecule has 3 heterocycles. The molecule has 1 aromatic rings. The van der Waals surface area contributed by atoms with E-state index in [2.05, 4.69) is 10.2 Å². The van der Waals surface area contributed by atoms with Crippen molar-refractivity contribution in [2.45, 2.75) is 31.5 Å². The first-order valence-electron chi connectivity index (χ1n) is 9.83. The van der Waals surface area contributed by atoms with Gasteiger partial charge in [0.2, 0.25) is 0 Å². The van der Waals surface area contributed by atoms with Crippen LogP contribution in [0.4, 0.5) is 9.18 Å². The van der Waals surface area contributed by atoms with E-state index in [-0.39, 0.29) is 35.1 Å². The monoisotopic (exact) mass is 390 g/mol. The standard InChI is InChI=1S/C20H27FN4O3/c1-14(2)22-19(27)24-12-20(13-24)11-23(9-15-10-28-8-7-25(15)20)18(26)16-5-3-4-6-17(16)21/h3-6,14-15H,7-13H2,1-2H3,(H,22,27). The molecule has 7 nitrogen and oxygen atoms in total. The number of hydrogen-bond donors (Lipinski definition) is 1. The lowest BCUT2D eigenvalue weighted by Gasteiger charge is -2.63. The maximum atomic E-state index is 14.2. The number of ether oxygens (including phenoxy) is 1. The summed E-state index contributed by atoms with van der Waals surface area (Å²) in [4.78, 5) is 31.3. The lowest BCUT2D eigenvalue weighted by molar-refractivity contribution is -0.147. The molecule has 0 bridgehead atoms. The Morgan fingerprint density at radius 1 is 1.21 bits per heavy atom. The fourth-order valence-corrected chi connectivity index (χ4v) is 4.58. The van der Waals surface area contributed by atoms with Crippen molar-refractivity contribution >= 4 is 11.9 Å². The molecule has 1 spiro atoms. The van der Waals surface area contributed by atoms with Crippen LogP contribution >= 0.6 is 0 Å². The number of rotatable bonds is 2.